The van der Waals surface area contributed by atoms with Crippen molar-refractivity contribution in [2.75, 3.05) is 30.6 Å². The molecule has 8 nitrogen and oxygen atoms in total. The van der Waals surface area contributed by atoms with Gasteiger partial charge in [-0.3, -0.25) is 9.59 Å². The number of ether oxygens (including phenoxy) is 2. The van der Waals surface area contributed by atoms with Gasteiger partial charge in [0.1, 0.15) is 11.5 Å². The molecule has 0 aliphatic heterocycles. The summed E-state index contributed by atoms with van der Waals surface area (Å²) in [5.41, 5.74) is 0.553. The third kappa shape index (κ3) is 6.17. The van der Waals surface area contributed by atoms with Crippen LogP contribution in [0.1, 0.15) is 4.88 Å². The first-order valence-corrected chi connectivity index (χ1v) is 11.1. The van der Waals surface area contributed by atoms with E-state index in [1.807, 2.05) is 17.5 Å². The molecule has 0 atom stereocenters. The Morgan fingerprint density at radius 1 is 1.10 bits per heavy atom. The Hall–Kier alpha value is -2.63. The summed E-state index contributed by atoms with van der Waals surface area (Å²) in [7, 11) is 3.08. The van der Waals surface area contributed by atoms with Crippen LogP contribution in [0.2, 0.25) is 0 Å². The highest BCUT2D eigenvalue weighted by molar-refractivity contribution is 8.01. The summed E-state index contributed by atoms with van der Waals surface area (Å²) in [5, 5.41) is 15.8. The zero-order valence-electron chi connectivity index (χ0n) is 15.6. The molecule has 2 heterocycles. The van der Waals surface area contributed by atoms with Crippen LogP contribution in [0, 0.1) is 0 Å². The second-order valence-electron chi connectivity index (χ2n) is 5.58. The largest absolute Gasteiger partial charge is 0.497 e. The molecule has 0 fully saturated rings. The molecule has 2 N–H and O–H groups in total. The number of benzene rings is 1. The number of anilines is 2. The maximum Gasteiger partial charge on any atom is 0.234 e. The van der Waals surface area contributed by atoms with Crippen LogP contribution in [0.4, 0.5) is 10.8 Å². The topological polar surface area (TPSA) is 102 Å². The molecule has 0 aliphatic rings. The smallest absolute Gasteiger partial charge is 0.234 e. The lowest BCUT2D eigenvalue weighted by atomic mass is 10.2. The fourth-order valence-electron chi connectivity index (χ4n) is 2.27. The van der Waals surface area contributed by atoms with E-state index >= 15 is 0 Å². The van der Waals surface area contributed by atoms with Crippen molar-refractivity contribution in [1.82, 2.24) is 10.2 Å². The summed E-state index contributed by atoms with van der Waals surface area (Å²) in [6.07, 6.45) is 0.297. The predicted molar refractivity (Wildman–Crippen MR) is 115 cm³/mol. The van der Waals surface area contributed by atoms with E-state index in [0.29, 0.717) is 33.1 Å². The molecule has 29 heavy (non-hydrogen) atoms. The molecule has 0 spiro atoms. The Morgan fingerprint density at radius 2 is 1.97 bits per heavy atom. The summed E-state index contributed by atoms with van der Waals surface area (Å²) in [5.74, 6) is 0.931. The molecule has 3 aromatic rings. The number of aromatic nitrogens is 2. The van der Waals surface area contributed by atoms with Gasteiger partial charge in [0.2, 0.25) is 16.9 Å². The van der Waals surface area contributed by atoms with Crippen molar-refractivity contribution in [3.8, 4) is 11.5 Å². The number of thiophene rings is 1. The Bertz CT molecular complexity index is 975. The van der Waals surface area contributed by atoms with Crippen molar-refractivity contribution in [2.45, 2.75) is 10.8 Å². The second kappa shape index (κ2) is 10.2. The zero-order chi connectivity index (χ0) is 20.6. The molecule has 0 unspecified atom stereocenters. The third-order valence-corrected chi connectivity index (χ3v) is 6.43. The molecule has 2 aromatic heterocycles. The number of hydrogen-bond donors (Lipinski definition) is 2. The third-order valence-electron chi connectivity index (χ3n) is 3.58. The summed E-state index contributed by atoms with van der Waals surface area (Å²) in [4.78, 5) is 25.2. The van der Waals surface area contributed by atoms with E-state index in [2.05, 4.69) is 20.8 Å². The molecule has 0 saturated carbocycles. The van der Waals surface area contributed by atoms with E-state index in [1.165, 1.54) is 41.5 Å². The lowest BCUT2D eigenvalue weighted by Gasteiger charge is -2.11. The van der Waals surface area contributed by atoms with Crippen LogP contribution in [-0.4, -0.2) is 42.0 Å². The van der Waals surface area contributed by atoms with E-state index in [1.54, 1.807) is 25.3 Å². The minimum Gasteiger partial charge on any atom is -0.497 e. The van der Waals surface area contributed by atoms with Crippen molar-refractivity contribution in [2.24, 2.45) is 0 Å². The number of nitrogens with one attached hydrogen (secondary N) is 2. The summed E-state index contributed by atoms with van der Waals surface area (Å²) in [6, 6.07) is 8.95. The van der Waals surface area contributed by atoms with Gasteiger partial charge in [-0.1, -0.05) is 29.2 Å². The standard InChI is InChI=1S/C18H18N4O4S3/c1-25-11-5-6-13(14(8-11)26-2)19-16(24)10-28-18-22-21-17(29-18)20-15(23)9-12-4-3-7-27-12/h3-8H,9-10H2,1-2H3,(H,19,24)(H,20,21,23). The second-order valence-corrected chi connectivity index (χ2v) is 8.81. The van der Waals surface area contributed by atoms with Crippen LogP contribution in [0.25, 0.3) is 0 Å². The highest BCUT2D eigenvalue weighted by Gasteiger charge is 2.13. The first-order valence-electron chi connectivity index (χ1n) is 8.38. The normalized spacial score (nSPS) is 10.4. The number of carbonyl (C=O) groups excluding carboxylic acids is 2. The Kier molecular flexibility index (Phi) is 7.44. The van der Waals surface area contributed by atoms with Gasteiger partial charge < -0.3 is 20.1 Å². The summed E-state index contributed by atoms with van der Waals surface area (Å²) >= 11 is 3.99. The molecule has 0 radical (unpaired) electrons. The van der Waals surface area contributed by atoms with Crippen molar-refractivity contribution in [3.05, 3.63) is 40.6 Å². The van der Waals surface area contributed by atoms with Gasteiger partial charge >= 0.3 is 0 Å². The Morgan fingerprint density at radius 3 is 2.69 bits per heavy atom. The minimum absolute atomic E-state index is 0.146. The quantitative estimate of drug-likeness (QED) is 0.380. The highest BCUT2D eigenvalue weighted by Crippen LogP contribution is 2.30. The molecular formula is C18H18N4O4S3. The fraction of sp³-hybridized carbons (Fsp3) is 0.222. The van der Waals surface area contributed by atoms with Gasteiger partial charge in [-0.25, -0.2) is 0 Å². The van der Waals surface area contributed by atoms with Crippen LogP contribution < -0.4 is 20.1 Å². The lowest BCUT2D eigenvalue weighted by Crippen LogP contribution is -2.14. The summed E-state index contributed by atoms with van der Waals surface area (Å²) < 4.78 is 11.0. The van der Waals surface area contributed by atoms with Gasteiger partial charge in [0.05, 0.1) is 32.1 Å². The van der Waals surface area contributed by atoms with Gasteiger partial charge in [-0.15, -0.1) is 21.5 Å². The number of hydrogen-bond acceptors (Lipinski definition) is 9. The predicted octanol–water partition coefficient (Wildman–Crippen LogP) is 3.53. The molecule has 1 aromatic carbocycles. The average molecular weight is 451 g/mol. The van der Waals surface area contributed by atoms with Crippen molar-refractivity contribution in [1.29, 1.82) is 0 Å². The van der Waals surface area contributed by atoms with Gasteiger partial charge in [0, 0.05) is 10.9 Å². The molecule has 0 aliphatic carbocycles. The van der Waals surface area contributed by atoms with E-state index < -0.39 is 0 Å². The lowest BCUT2D eigenvalue weighted by molar-refractivity contribution is -0.115. The monoisotopic (exact) mass is 450 g/mol. The molecule has 0 bridgehead atoms. The molecular weight excluding hydrogens is 432 g/mol. The maximum atomic E-state index is 12.2. The molecule has 3 rings (SSSR count). The van der Waals surface area contributed by atoms with Crippen LogP contribution in [0.15, 0.2) is 40.1 Å². The number of carbonyl (C=O) groups is 2. The van der Waals surface area contributed by atoms with E-state index in [-0.39, 0.29) is 17.6 Å². The Labute approximate surface area is 179 Å². The fourth-order valence-corrected chi connectivity index (χ4v) is 4.54. The van der Waals surface area contributed by atoms with Crippen LogP contribution in [0.5, 0.6) is 11.5 Å². The molecule has 152 valence electrons. The van der Waals surface area contributed by atoms with Crippen LogP contribution >= 0.6 is 34.4 Å². The van der Waals surface area contributed by atoms with E-state index in [0.717, 1.165) is 4.88 Å². The van der Waals surface area contributed by atoms with Crippen molar-refractivity contribution < 1.29 is 19.1 Å². The number of amides is 2. The number of nitrogens with zero attached hydrogens (tertiary/aromatic N) is 2. The number of thioether (sulfide) groups is 1. The van der Waals surface area contributed by atoms with E-state index in [4.69, 9.17) is 9.47 Å². The van der Waals surface area contributed by atoms with E-state index in [9.17, 15) is 9.59 Å². The summed E-state index contributed by atoms with van der Waals surface area (Å²) in [6.45, 7) is 0. The molecule has 0 saturated heterocycles. The van der Waals surface area contributed by atoms with Crippen molar-refractivity contribution in [3.63, 3.8) is 0 Å². The number of methoxy groups -OCH3 is 2. The zero-order valence-corrected chi connectivity index (χ0v) is 18.1. The Balaban J connectivity index is 1.49. The molecule has 2 amide bonds. The van der Waals surface area contributed by atoms with Crippen LogP contribution in [0.3, 0.4) is 0 Å². The SMILES string of the molecule is COc1ccc(NC(=O)CSc2nnc(NC(=O)Cc3cccs3)s2)c(OC)c1. The maximum absolute atomic E-state index is 12.2. The van der Waals surface area contributed by atoms with Gasteiger partial charge in [0.15, 0.2) is 4.34 Å². The van der Waals surface area contributed by atoms with Crippen LogP contribution in [-0.2, 0) is 16.0 Å². The van der Waals surface area contributed by atoms with Gasteiger partial charge in [-0.2, -0.15) is 0 Å². The van der Waals surface area contributed by atoms with Gasteiger partial charge in [-0.05, 0) is 23.6 Å². The van der Waals surface area contributed by atoms with Gasteiger partial charge in [0.25, 0.3) is 0 Å². The molecule has 11 heteroatoms. The first-order chi connectivity index (χ1) is 14.1. The highest BCUT2D eigenvalue weighted by atomic mass is 32.2. The minimum atomic E-state index is -0.211. The average Bonchev–Trinajstić information content (AvgIpc) is 3.38. The van der Waals surface area contributed by atoms with Crippen molar-refractivity contribution >= 4 is 57.1 Å². The number of rotatable bonds is 9. The first kappa shape index (κ1) is 21.1.